The molecule has 0 aliphatic heterocycles. The summed E-state index contributed by atoms with van der Waals surface area (Å²) in [6.45, 7) is 1.48. The highest BCUT2D eigenvalue weighted by Crippen LogP contribution is 2.44. The average molecular weight is 550 g/mol. The third-order valence-electron chi connectivity index (χ3n) is 8.29. The number of carboxylic acid groups (broad SMARTS) is 1. The van der Waals surface area contributed by atoms with Crippen LogP contribution in [0, 0.1) is 11.8 Å². The van der Waals surface area contributed by atoms with E-state index in [2.05, 4.69) is 5.32 Å². The minimum absolute atomic E-state index is 0.0239. The van der Waals surface area contributed by atoms with Gasteiger partial charge >= 0.3 is 11.9 Å². The van der Waals surface area contributed by atoms with Crippen LogP contribution < -0.4 is 11.1 Å². The number of hydrogen-bond acceptors (Lipinski definition) is 7. The van der Waals surface area contributed by atoms with Crippen LogP contribution in [-0.4, -0.2) is 72.5 Å². The van der Waals surface area contributed by atoms with Crippen molar-refractivity contribution in [3.05, 3.63) is 59.7 Å². The van der Waals surface area contributed by atoms with E-state index >= 15 is 0 Å². The second-order valence-corrected chi connectivity index (χ2v) is 11.3. The topological polar surface area (TPSA) is 139 Å². The number of aliphatic carboxylic acids is 1. The molecule has 2 aromatic rings. The number of fused-ring (bicyclic) bond motifs is 3. The van der Waals surface area contributed by atoms with Crippen LogP contribution in [0.3, 0.4) is 0 Å². The maximum absolute atomic E-state index is 13.8. The molecule has 1 amide bonds. The Kier molecular flexibility index (Phi) is 9.05. The summed E-state index contributed by atoms with van der Waals surface area (Å²) in [6, 6.07) is 15.0. The Morgan fingerprint density at radius 1 is 1.02 bits per heavy atom. The SMILES string of the molecule is CN(C)C(=O)C(CC(=O)O)NCC(C(=O)C(C)(N)C(=O)OCC1c2ccccc2-c2ccccc21)C1CCCC1. The third kappa shape index (κ3) is 6.10. The van der Waals surface area contributed by atoms with Crippen LogP contribution in [0.2, 0.25) is 0 Å². The Labute approximate surface area is 235 Å². The van der Waals surface area contributed by atoms with Crippen LogP contribution in [0.5, 0.6) is 0 Å². The molecule has 9 heteroatoms. The van der Waals surface area contributed by atoms with Crippen molar-refractivity contribution in [3.8, 4) is 11.1 Å². The standard InChI is InChI=1S/C31H39N3O6/c1-31(32,30(39)40-18-25-22-14-8-6-12-20(22)21-13-7-9-15-23(21)25)28(37)24(19-10-4-5-11-19)17-33-26(16-27(35)36)29(38)34(2)3/h6-9,12-15,19,24-26,33H,4-5,10-11,16-18,32H2,1-3H3,(H,35,36). The molecule has 214 valence electrons. The molecule has 0 saturated heterocycles. The van der Waals surface area contributed by atoms with E-state index < -0.39 is 47.5 Å². The van der Waals surface area contributed by atoms with Crippen molar-refractivity contribution in [2.24, 2.45) is 17.6 Å². The van der Waals surface area contributed by atoms with Crippen molar-refractivity contribution in [1.29, 1.82) is 0 Å². The summed E-state index contributed by atoms with van der Waals surface area (Å²) in [5.41, 5.74) is 8.83. The quantitative estimate of drug-likeness (QED) is 0.271. The summed E-state index contributed by atoms with van der Waals surface area (Å²) in [7, 11) is 3.10. The molecule has 0 spiro atoms. The fraction of sp³-hybridized carbons (Fsp3) is 0.484. The summed E-state index contributed by atoms with van der Waals surface area (Å²) in [4.78, 5) is 52.5. The number of rotatable bonds is 12. The summed E-state index contributed by atoms with van der Waals surface area (Å²) < 4.78 is 5.74. The molecule has 1 fully saturated rings. The van der Waals surface area contributed by atoms with Gasteiger partial charge in [-0.15, -0.1) is 0 Å². The molecule has 40 heavy (non-hydrogen) atoms. The van der Waals surface area contributed by atoms with Gasteiger partial charge in [0.25, 0.3) is 0 Å². The van der Waals surface area contributed by atoms with Gasteiger partial charge in [0.15, 0.2) is 11.3 Å². The van der Waals surface area contributed by atoms with E-state index in [0.717, 1.165) is 47.9 Å². The lowest BCUT2D eigenvalue weighted by Gasteiger charge is -2.31. The zero-order valence-electron chi connectivity index (χ0n) is 23.4. The maximum atomic E-state index is 13.8. The number of ether oxygens (including phenoxy) is 1. The number of Topliss-reactive ketones (excluding diaryl/α,β-unsaturated/α-hetero) is 1. The third-order valence-corrected chi connectivity index (χ3v) is 8.29. The van der Waals surface area contributed by atoms with Gasteiger partial charge in [0.05, 0.1) is 12.5 Å². The molecule has 1 saturated carbocycles. The average Bonchev–Trinajstić information content (AvgIpc) is 3.57. The molecule has 2 aliphatic carbocycles. The van der Waals surface area contributed by atoms with Crippen molar-refractivity contribution in [1.82, 2.24) is 10.2 Å². The zero-order chi connectivity index (χ0) is 29.0. The van der Waals surface area contributed by atoms with E-state index in [4.69, 9.17) is 10.5 Å². The molecule has 3 unspecified atom stereocenters. The monoisotopic (exact) mass is 549 g/mol. The lowest BCUT2D eigenvalue weighted by atomic mass is 9.79. The number of nitrogens with two attached hydrogens (primary N) is 1. The fourth-order valence-corrected chi connectivity index (χ4v) is 6.07. The highest BCUT2D eigenvalue weighted by atomic mass is 16.5. The Bertz CT molecular complexity index is 1220. The van der Waals surface area contributed by atoms with Crippen LogP contribution in [0.25, 0.3) is 11.1 Å². The second kappa shape index (κ2) is 12.3. The Hall–Kier alpha value is -3.56. The molecule has 0 bridgehead atoms. The highest BCUT2D eigenvalue weighted by molar-refractivity contribution is 6.09. The smallest absolute Gasteiger partial charge is 0.333 e. The summed E-state index contributed by atoms with van der Waals surface area (Å²) in [5, 5.41) is 12.3. The van der Waals surface area contributed by atoms with Crippen LogP contribution in [0.1, 0.15) is 56.1 Å². The highest BCUT2D eigenvalue weighted by Gasteiger charge is 2.46. The molecule has 4 rings (SSSR count). The molecule has 9 nitrogen and oxygen atoms in total. The predicted octanol–water partition coefficient (Wildman–Crippen LogP) is 2.96. The first-order valence-corrected chi connectivity index (χ1v) is 13.9. The van der Waals surface area contributed by atoms with Crippen LogP contribution in [0.4, 0.5) is 0 Å². The summed E-state index contributed by atoms with van der Waals surface area (Å²) in [6.07, 6.45) is 3.08. The Morgan fingerprint density at radius 3 is 2.10 bits per heavy atom. The predicted molar refractivity (Wildman–Crippen MR) is 150 cm³/mol. The van der Waals surface area contributed by atoms with Gasteiger partial charge in [-0.1, -0.05) is 61.4 Å². The number of hydrogen-bond donors (Lipinski definition) is 3. The van der Waals surface area contributed by atoms with E-state index in [1.165, 1.54) is 11.8 Å². The fourth-order valence-electron chi connectivity index (χ4n) is 6.07. The van der Waals surface area contributed by atoms with Crippen molar-refractivity contribution in [2.75, 3.05) is 27.2 Å². The Balaban J connectivity index is 1.48. The molecule has 0 aromatic heterocycles. The first-order chi connectivity index (χ1) is 19.0. The van der Waals surface area contributed by atoms with Crippen molar-refractivity contribution in [2.45, 2.75) is 56.5 Å². The largest absolute Gasteiger partial charge is 0.481 e. The molecule has 2 aliphatic rings. The van der Waals surface area contributed by atoms with Gasteiger partial charge in [0, 0.05) is 32.5 Å². The lowest BCUT2D eigenvalue weighted by Crippen LogP contribution is -2.58. The summed E-state index contributed by atoms with van der Waals surface area (Å²) in [5.74, 6) is -3.63. The molecule has 0 heterocycles. The minimum Gasteiger partial charge on any atom is -0.481 e. The number of amides is 1. The lowest BCUT2D eigenvalue weighted by molar-refractivity contribution is -0.155. The Morgan fingerprint density at radius 2 is 1.57 bits per heavy atom. The van der Waals surface area contributed by atoms with E-state index in [-0.39, 0.29) is 25.0 Å². The van der Waals surface area contributed by atoms with Crippen LogP contribution in [-0.2, 0) is 23.9 Å². The molecule has 3 atom stereocenters. The van der Waals surface area contributed by atoms with Crippen molar-refractivity contribution >= 4 is 23.6 Å². The second-order valence-electron chi connectivity index (χ2n) is 11.3. The van der Waals surface area contributed by atoms with Gasteiger partial charge in [0.2, 0.25) is 5.91 Å². The van der Waals surface area contributed by atoms with Gasteiger partial charge in [-0.3, -0.25) is 14.4 Å². The summed E-state index contributed by atoms with van der Waals surface area (Å²) >= 11 is 0. The van der Waals surface area contributed by atoms with Gasteiger partial charge in [-0.05, 0) is 47.9 Å². The van der Waals surface area contributed by atoms with Gasteiger partial charge in [-0.2, -0.15) is 0 Å². The molecular formula is C31H39N3O6. The maximum Gasteiger partial charge on any atom is 0.333 e. The first-order valence-electron chi connectivity index (χ1n) is 13.9. The van der Waals surface area contributed by atoms with E-state index in [1.807, 2.05) is 48.5 Å². The number of nitrogens with one attached hydrogen (secondary N) is 1. The van der Waals surface area contributed by atoms with Gasteiger partial charge in [-0.25, -0.2) is 4.79 Å². The number of esters is 1. The number of carbonyl (C=O) groups excluding carboxylic acids is 3. The number of nitrogens with zero attached hydrogens (tertiary/aromatic N) is 1. The van der Waals surface area contributed by atoms with E-state index in [9.17, 15) is 24.3 Å². The first kappa shape index (κ1) is 29.4. The normalized spacial score (nSPS) is 17.8. The zero-order valence-corrected chi connectivity index (χ0v) is 23.4. The molecule has 2 aromatic carbocycles. The van der Waals surface area contributed by atoms with Crippen LogP contribution >= 0.6 is 0 Å². The molecule has 0 radical (unpaired) electrons. The van der Waals surface area contributed by atoms with Gasteiger partial charge in [0.1, 0.15) is 6.61 Å². The van der Waals surface area contributed by atoms with Crippen molar-refractivity contribution in [3.63, 3.8) is 0 Å². The molecular weight excluding hydrogens is 510 g/mol. The number of carbonyl (C=O) groups is 4. The molecule has 4 N–H and O–H groups in total. The van der Waals surface area contributed by atoms with E-state index in [1.54, 1.807) is 14.1 Å². The minimum atomic E-state index is -1.90. The number of benzene rings is 2. The number of carboxylic acids is 1. The van der Waals surface area contributed by atoms with Crippen LogP contribution in [0.15, 0.2) is 48.5 Å². The van der Waals surface area contributed by atoms with E-state index in [0.29, 0.717) is 0 Å². The van der Waals surface area contributed by atoms with Crippen molar-refractivity contribution < 1.29 is 29.0 Å². The number of ketones is 1. The van der Waals surface area contributed by atoms with Gasteiger partial charge < -0.3 is 25.8 Å². The number of likely N-dealkylation sites (N-methyl/N-ethyl adjacent to an activating group) is 1.